The van der Waals surface area contributed by atoms with Gasteiger partial charge in [-0.05, 0) is 34.5 Å². The van der Waals surface area contributed by atoms with Gasteiger partial charge in [-0.15, -0.1) is 22.7 Å². The third-order valence-electron chi connectivity index (χ3n) is 3.76. The number of nitrogens with zero attached hydrogens (tertiary/aromatic N) is 3. The first-order valence-electron chi connectivity index (χ1n) is 7.40. The summed E-state index contributed by atoms with van der Waals surface area (Å²) >= 11 is 6.28. The van der Waals surface area contributed by atoms with Crippen LogP contribution < -0.4 is 0 Å². The maximum absolute atomic E-state index is 12.6. The molecule has 3 rings (SSSR count). The molecule has 1 saturated heterocycles. The molecule has 0 aliphatic carbocycles. The standard InChI is InChI=1S/C14H18BrN3O2S3/c1-2-13-16-11(10-21-13)9-17-5-7-18(8-6-17)23(19,20)14-4-3-12(15)22-14/h3-4,10H,2,5-9H2,1H3. The SMILES string of the molecule is CCc1nc(CN2CCN(S(=O)(=O)c3ccc(Br)s3)CC2)cs1. The van der Waals surface area contributed by atoms with Crippen LogP contribution in [-0.4, -0.2) is 48.8 Å². The van der Waals surface area contributed by atoms with Crippen LogP contribution in [0.2, 0.25) is 0 Å². The van der Waals surface area contributed by atoms with Gasteiger partial charge in [-0.2, -0.15) is 4.31 Å². The first kappa shape index (κ1) is 17.5. The van der Waals surface area contributed by atoms with Crippen LogP contribution in [0.25, 0.3) is 0 Å². The van der Waals surface area contributed by atoms with E-state index in [2.05, 4.69) is 38.1 Å². The van der Waals surface area contributed by atoms with Gasteiger partial charge in [0.25, 0.3) is 10.0 Å². The largest absolute Gasteiger partial charge is 0.295 e. The van der Waals surface area contributed by atoms with E-state index in [1.807, 2.05) is 0 Å². The van der Waals surface area contributed by atoms with Gasteiger partial charge in [0.2, 0.25) is 0 Å². The fourth-order valence-corrected chi connectivity index (χ4v) is 6.83. The summed E-state index contributed by atoms with van der Waals surface area (Å²) in [5.41, 5.74) is 1.09. The molecule has 1 aliphatic heterocycles. The predicted octanol–water partition coefficient (Wildman–Crippen LogP) is 3.04. The van der Waals surface area contributed by atoms with Gasteiger partial charge in [0.05, 0.1) is 14.5 Å². The maximum atomic E-state index is 12.6. The fraction of sp³-hybridized carbons (Fsp3) is 0.500. The number of thiophene rings is 1. The average Bonchev–Trinajstić information content (AvgIpc) is 3.17. The second kappa shape index (κ2) is 7.28. The minimum atomic E-state index is -3.36. The molecule has 9 heteroatoms. The van der Waals surface area contributed by atoms with E-state index in [4.69, 9.17) is 0 Å². The molecule has 2 aromatic rings. The molecule has 0 N–H and O–H groups in total. The lowest BCUT2D eigenvalue weighted by molar-refractivity contribution is 0.180. The summed E-state index contributed by atoms with van der Waals surface area (Å²) in [6, 6.07) is 3.44. The summed E-state index contributed by atoms with van der Waals surface area (Å²) in [6.45, 7) is 5.45. The summed E-state index contributed by atoms with van der Waals surface area (Å²) < 4.78 is 28.0. The van der Waals surface area contributed by atoms with E-state index < -0.39 is 10.0 Å². The molecule has 0 saturated carbocycles. The van der Waals surface area contributed by atoms with Crippen molar-refractivity contribution in [2.45, 2.75) is 24.1 Å². The molecule has 3 heterocycles. The first-order valence-corrected chi connectivity index (χ1v) is 11.3. The lowest BCUT2D eigenvalue weighted by Gasteiger charge is -2.33. The zero-order valence-electron chi connectivity index (χ0n) is 12.7. The zero-order chi connectivity index (χ0) is 16.4. The third kappa shape index (κ3) is 4.02. The Morgan fingerprint density at radius 2 is 2.00 bits per heavy atom. The van der Waals surface area contributed by atoms with Crippen LogP contribution in [-0.2, 0) is 23.0 Å². The van der Waals surface area contributed by atoms with Crippen molar-refractivity contribution in [3.05, 3.63) is 32.0 Å². The van der Waals surface area contributed by atoms with Gasteiger partial charge in [-0.1, -0.05) is 6.92 Å². The Hall–Kier alpha value is -0.320. The minimum absolute atomic E-state index is 0.407. The van der Waals surface area contributed by atoms with E-state index in [0.717, 1.165) is 40.5 Å². The van der Waals surface area contributed by atoms with E-state index >= 15 is 0 Å². The second-order valence-electron chi connectivity index (χ2n) is 5.32. The number of halogens is 1. The number of aromatic nitrogens is 1. The van der Waals surface area contributed by atoms with E-state index in [9.17, 15) is 8.42 Å². The Kier molecular flexibility index (Phi) is 5.54. The Labute approximate surface area is 153 Å². The summed E-state index contributed by atoms with van der Waals surface area (Å²) in [5, 5.41) is 3.26. The summed E-state index contributed by atoms with van der Waals surface area (Å²) in [5.74, 6) is 0. The smallest absolute Gasteiger partial charge is 0.252 e. The number of aryl methyl sites for hydroxylation is 1. The fourth-order valence-electron chi connectivity index (χ4n) is 2.50. The van der Waals surface area contributed by atoms with Crippen LogP contribution in [0.4, 0.5) is 0 Å². The summed E-state index contributed by atoms with van der Waals surface area (Å²) in [4.78, 5) is 6.85. The Morgan fingerprint density at radius 3 is 2.57 bits per heavy atom. The highest BCUT2D eigenvalue weighted by Gasteiger charge is 2.29. The van der Waals surface area contributed by atoms with E-state index in [0.29, 0.717) is 17.3 Å². The van der Waals surface area contributed by atoms with Crippen LogP contribution in [0.15, 0.2) is 25.5 Å². The number of piperazine rings is 1. The van der Waals surface area contributed by atoms with Crippen molar-refractivity contribution >= 4 is 48.6 Å². The van der Waals surface area contributed by atoms with Crippen molar-refractivity contribution in [1.82, 2.24) is 14.2 Å². The topological polar surface area (TPSA) is 53.5 Å². The van der Waals surface area contributed by atoms with E-state index in [-0.39, 0.29) is 0 Å². The number of rotatable bonds is 5. The number of thiazole rings is 1. The van der Waals surface area contributed by atoms with Gasteiger partial charge < -0.3 is 0 Å². The van der Waals surface area contributed by atoms with Crippen molar-refractivity contribution in [1.29, 1.82) is 0 Å². The van der Waals surface area contributed by atoms with Crippen LogP contribution in [0.1, 0.15) is 17.6 Å². The van der Waals surface area contributed by atoms with Gasteiger partial charge in [-0.3, -0.25) is 4.90 Å². The van der Waals surface area contributed by atoms with E-state index in [1.165, 1.54) is 11.3 Å². The lowest BCUT2D eigenvalue weighted by atomic mass is 10.3. The van der Waals surface area contributed by atoms with Crippen molar-refractivity contribution in [3.63, 3.8) is 0 Å². The minimum Gasteiger partial charge on any atom is -0.295 e. The molecule has 5 nitrogen and oxygen atoms in total. The molecule has 0 atom stereocenters. The molecule has 23 heavy (non-hydrogen) atoms. The van der Waals surface area contributed by atoms with Gasteiger partial charge in [-0.25, -0.2) is 13.4 Å². The second-order valence-corrected chi connectivity index (χ2v) is 10.9. The summed E-state index contributed by atoms with van der Waals surface area (Å²) in [6.07, 6.45) is 0.965. The molecule has 0 unspecified atom stereocenters. The normalized spacial score (nSPS) is 17.7. The zero-order valence-corrected chi connectivity index (χ0v) is 16.8. The Bertz CT molecular complexity index is 764. The van der Waals surface area contributed by atoms with Gasteiger partial charge in [0.1, 0.15) is 4.21 Å². The molecular formula is C14H18BrN3O2S3. The molecule has 0 radical (unpaired) electrons. The highest BCUT2D eigenvalue weighted by Crippen LogP contribution is 2.29. The molecule has 1 aliphatic rings. The quantitative estimate of drug-likeness (QED) is 0.723. The van der Waals surface area contributed by atoms with Gasteiger partial charge in [0, 0.05) is 38.1 Å². The molecule has 0 amide bonds. The maximum Gasteiger partial charge on any atom is 0.252 e. The van der Waals surface area contributed by atoms with Crippen LogP contribution >= 0.6 is 38.6 Å². The number of hydrogen-bond acceptors (Lipinski definition) is 6. The molecule has 0 bridgehead atoms. The monoisotopic (exact) mass is 435 g/mol. The highest BCUT2D eigenvalue weighted by molar-refractivity contribution is 9.11. The molecule has 1 fully saturated rings. The molecule has 126 valence electrons. The third-order valence-corrected chi connectivity index (χ3v) is 8.79. The highest BCUT2D eigenvalue weighted by atomic mass is 79.9. The van der Waals surface area contributed by atoms with Gasteiger partial charge >= 0.3 is 0 Å². The number of hydrogen-bond donors (Lipinski definition) is 0. The van der Waals surface area contributed by atoms with Crippen molar-refractivity contribution in [3.8, 4) is 0 Å². The Morgan fingerprint density at radius 1 is 1.26 bits per heavy atom. The lowest BCUT2D eigenvalue weighted by Crippen LogP contribution is -2.48. The summed E-state index contributed by atoms with van der Waals surface area (Å²) in [7, 11) is -3.36. The molecule has 0 aromatic carbocycles. The van der Waals surface area contributed by atoms with Crippen molar-refractivity contribution in [2.75, 3.05) is 26.2 Å². The van der Waals surface area contributed by atoms with Gasteiger partial charge in [0.15, 0.2) is 0 Å². The van der Waals surface area contributed by atoms with Crippen LogP contribution in [0.3, 0.4) is 0 Å². The van der Waals surface area contributed by atoms with Crippen LogP contribution in [0, 0.1) is 0 Å². The van der Waals surface area contributed by atoms with Crippen molar-refractivity contribution in [2.24, 2.45) is 0 Å². The average molecular weight is 436 g/mol. The molecular weight excluding hydrogens is 418 g/mol. The molecule has 2 aromatic heterocycles. The van der Waals surface area contributed by atoms with Crippen LogP contribution in [0.5, 0.6) is 0 Å². The number of sulfonamides is 1. The Balaban J connectivity index is 1.59. The van der Waals surface area contributed by atoms with E-state index in [1.54, 1.807) is 27.8 Å². The predicted molar refractivity (Wildman–Crippen MR) is 97.5 cm³/mol. The molecule has 0 spiro atoms. The van der Waals surface area contributed by atoms with Crippen molar-refractivity contribution < 1.29 is 8.42 Å². The first-order chi connectivity index (χ1) is 11.0.